The molecule has 4 fully saturated rings. The third-order valence-electron chi connectivity index (χ3n) is 16.4. The van der Waals surface area contributed by atoms with Crippen LogP contribution in [0.4, 0.5) is 17.1 Å². The molecule has 0 heterocycles. The van der Waals surface area contributed by atoms with E-state index < -0.39 is 0 Å². The van der Waals surface area contributed by atoms with E-state index in [2.05, 4.69) is 172 Å². The first-order chi connectivity index (χ1) is 26.7. The minimum atomic E-state index is 0.130. The predicted molar refractivity (Wildman–Crippen MR) is 228 cm³/mol. The number of anilines is 3. The Morgan fingerprint density at radius 3 is 1.75 bits per heavy atom. The Morgan fingerprint density at radius 1 is 0.455 bits per heavy atom. The van der Waals surface area contributed by atoms with Crippen molar-refractivity contribution in [3.63, 3.8) is 0 Å². The molecule has 2 bridgehead atoms. The van der Waals surface area contributed by atoms with E-state index in [-0.39, 0.29) is 16.2 Å². The Labute approximate surface area is 327 Å². The van der Waals surface area contributed by atoms with E-state index in [9.17, 15) is 0 Å². The van der Waals surface area contributed by atoms with Crippen molar-refractivity contribution in [3.8, 4) is 33.4 Å². The summed E-state index contributed by atoms with van der Waals surface area (Å²) < 4.78 is 0. The Balaban J connectivity index is 1.04. The second kappa shape index (κ2) is 10.9. The maximum Gasteiger partial charge on any atom is 0.0468 e. The fourth-order valence-electron chi connectivity index (χ4n) is 13.9. The van der Waals surface area contributed by atoms with Crippen molar-refractivity contribution < 1.29 is 0 Å². The Kier molecular flexibility index (Phi) is 6.42. The molecule has 0 amide bonds. The van der Waals surface area contributed by atoms with Crippen molar-refractivity contribution >= 4 is 17.1 Å². The normalized spacial score (nSPS) is 29.1. The van der Waals surface area contributed by atoms with E-state index in [1.165, 1.54) is 100 Å². The minimum Gasteiger partial charge on any atom is -0.310 e. The molecule has 1 nitrogen and oxygen atoms in total. The highest BCUT2D eigenvalue weighted by Crippen LogP contribution is 2.89. The smallest absolute Gasteiger partial charge is 0.0468 e. The van der Waals surface area contributed by atoms with Crippen molar-refractivity contribution in [2.24, 2.45) is 29.1 Å². The average Bonchev–Trinajstić information content (AvgIpc) is 3.84. The zero-order valence-corrected chi connectivity index (χ0v) is 32.8. The van der Waals surface area contributed by atoms with Crippen LogP contribution < -0.4 is 4.90 Å². The van der Waals surface area contributed by atoms with Gasteiger partial charge >= 0.3 is 0 Å². The molecule has 55 heavy (non-hydrogen) atoms. The Morgan fingerprint density at radius 2 is 1.04 bits per heavy atom. The van der Waals surface area contributed by atoms with Gasteiger partial charge in [-0.3, -0.25) is 0 Å². The van der Waals surface area contributed by atoms with Crippen molar-refractivity contribution in [1.29, 1.82) is 0 Å². The molecule has 6 unspecified atom stereocenters. The highest BCUT2D eigenvalue weighted by Gasteiger charge is 2.84. The third-order valence-corrected chi connectivity index (χ3v) is 16.4. The number of nitrogens with zero attached hydrogens (tertiary/aromatic N) is 1. The largest absolute Gasteiger partial charge is 0.310 e. The standard InChI is InChI=1S/C54H51N/c1-51(2)25-26-52(3,4)48-32-42(21-24-46(48)51)55(40-18-15-37(16-19-40)35-11-7-5-8-12-35)41-20-23-45-44(31-41)43-22-17-38(36-13-9-6-10-14-36)29-47(43)54(45)49-28-34-27-39-30-50(54)53(39,49)33-34/h5-24,29,31-32,34,39,49-50H,25-28,30,33H2,1-4H3. The maximum absolute atomic E-state index is 2.63. The summed E-state index contributed by atoms with van der Waals surface area (Å²) in [5.74, 6) is 3.49. The second-order valence-corrected chi connectivity index (χ2v) is 19.7. The number of hydrogen-bond acceptors (Lipinski definition) is 1. The molecule has 272 valence electrons. The van der Waals surface area contributed by atoms with Crippen LogP contribution in [-0.4, -0.2) is 0 Å². The van der Waals surface area contributed by atoms with Crippen LogP contribution in [0.15, 0.2) is 140 Å². The van der Waals surface area contributed by atoms with Crippen LogP contribution in [-0.2, 0) is 16.2 Å². The molecule has 6 aliphatic carbocycles. The van der Waals surface area contributed by atoms with Crippen LogP contribution in [0.2, 0.25) is 0 Å². The predicted octanol–water partition coefficient (Wildman–Crippen LogP) is 14.2. The van der Waals surface area contributed by atoms with E-state index in [0.717, 1.165) is 23.7 Å². The van der Waals surface area contributed by atoms with Crippen LogP contribution in [0.5, 0.6) is 0 Å². The minimum absolute atomic E-state index is 0.130. The number of rotatable bonds is 5. The van der Waals surface area contributed by atoms with Crippen LogP contribution in [0.25, 0.3) is 33.4 Å². The Hall–Kier alpha value is -4.88. The van der Waals surface area contributed by atoms with Gasteiger partial charge in [0.25, 0.3) is 0 Å². The average molecular weight is 714 g/mol. The van der Waals surface area contributed by atoms with Gasteiger partial charge in [0.05, 0.1) is 0 Å². The van der Waals surface area contributed by atoms with Crippen molar-refractivity contribution in [2.75, 3.05) is 4.90 Å². The fraction of sp³-hybridized carbons (Fsp3) is 0.333. The van der Waals surface area contributed by atoms with Gasteiger partial charge in [0.1, 0.15) is 0 Å². The molecule has 6 aromatic carbocycles. The molecule has 4 saturated carbocycles. The van der Waals surface area contributed by atoms with Crippen molar-refractivity contribution in [1.82, 2.24) is 0 Å². The summed E-state index contributed by atoms with van der Waals surface area (Å²) in [5.41, 5.74) is 19.2. The molecule has 6 aliphatic rings. The lowest BCUT2D eigenvalue weighted by Crippen LogP contribution is -2.73. The van der Waals surface area contributed by atoms with Crippen LogP contribution in [0.1, 0.15) is 88.5 Å². The SMILES string of the molecule is CC1(C)CCC(C)(C)c2cc(N(c3ccc(-c4ccccc4)cc3)c3ccc4c(c3)-c3ccc(-c5ccccc5)cc3C43C4CC5CC6CC3C64C5)ccc21. The molecule has 0 radical (unpaired) electrons. The van der Waals surface area contributed by atoms with Gasteiger partial charge < -0.3 is 4.90 Å². The summed E-state index contributed by atoms with van der Waals surface area (Å²) in [5, 5.41) is 0. The second-order valence-electron chi connectivity index (χ2n) is 19.7. The number of benzene rings is 6. The van der Waals surface area contributed by atoms with Gasteiger partial charge in [0, 0.05) is 22.5 Å². The molecular formula is C54H51N. The highest BCUT2D eigenvalue weighted by molar-refractivity contribution is 5.90. The fourth-order valence-corrected chi connectivity index (χ4v) is 13.9. The van der Waals surface area contributed by atoms with E-state index in [4.69, 9.17) is 0 Å². The molecule has 6 aromatic rings. The van der Waals surface area contributed by atoms with E-state index in [1.807, 2.05) is 0 Å². The zero-order valence-electron chi connectivity index (χ0n) is 32.8. The molecule has 0 aromatic heterocycles. The van der Waals surface area contributed by atoms with Crippen LogP contribution in [0.3, 0.4) is 0 Å². The molecule has 0 saturated heterocycles. The zero-order chi connectivity index (χ0) is 36.9. The maximum atomic E-state index is 2.63. The topological polar surface area (TPSA) is 3.24 Å². The van der Waals surface area contributed by atoms with Gasteiger partial charge in [-0.15, -0.1) is 0 Å². The van der Waals surface area contributed by atoms with Crippen molar-refractivity contribution in [3.05, 3.63) is 162 Å². The summed E-state index contributed by atoms with van der Waals surface area (Å²) >= 11 is 0. The monoisotopic (exact) mass is 713 g/mol. The highest BCUT2D eigenvalue weighted by atomic mass is 15.1. The van der Waals surface area contributed by atoms with Gasteiger partial charge in [-0.1, -0.05) is 125 Å². The van der Waals surface area contributed by atoms with Gasteiger partial charge in [0.2, 0.25) is 0 Å². The van der Waals surface area contributed by atoms with Crippen LogP contribution >= 0.6 is 0 Å². The molecule has 1 heteroatoms. The number of fused-ring (bicyclic) bond motifs is 9. The molecule has 0 N–H and O–H groups in total. The van der Waals surface area contributed by atoms with Gasteiger partial charge in [-0.2, -0.15) is 0 Å². The van der Waals surface area contributed by atoms with E-state index in [0.29, 0.717) is 5.41 Å². The lowest BCUT2D eigenvalue weighted by Gasteiger charge is -2.76. The Bertz CT molecular complexity index is 2530. The third kappa shape index (κ3) is 4.15. The van der Waals surface area contributed by atoms with E-state index >= 15 is 0 Å². The van der Waals surface area contributed by atoms with Gasteiger partial charge in [-0.05, 0) is 177 Å². The summed E-state index contributed by atoms with van der Waals surface area (Å²) in [6.07, 6.45) is 8.26. The lowest BCUT2D eigenvalue weighted by molar-refractivity contribution is -0.231. The first-order valence-corrected chi connectivity index (χ1v) is 21.1. The van der Waals surface area contributed by atoms with Gasteiger partial charge in [0.15, 0.2) is 0 Å². The van der Waals surface area contributed by atoms with Crippen LogP contribution in [0, 0.1) is 29.1 Å². The molecule has 2 spiro atoms. The summed E-state index contributed by atoms with van der Waals surface area (Å²) in [6.45, 7) is 9.77. The molecule has 0 aliphatic heterocycles. The molecule has 12 rings (SSSR count). The molecular weight excluding hydrogens is 663 g/mol. The summed E-state index contributed by atoms with van der Waals surface area (Å²) in [6, 6.07) is 53.7. The quantitative estimate of drug-likeness (QED) is 0.172. The van der Waals surface area contributed by atoms with Gasteiger partial charge in [-0.25, -0.2) is 0 Å². The first kappa shape index (κ1) is 32.4. The lowest BCUT2D eigenvalue weighted by atomic mass is 9.27. The van der Waals surface area contributed by atoms with E-state index in [1.54, 1.807) is 11.1 Å². The van der Waals surface area contributed by atoms with Crippen molar-refractivity contribution in [2.45, 2.75) is 82.5 Å². The number of hydrogen-bond donors (Lipinski definition) is 0. The summed E-state index contributed by atoms with van der Waals surface area (Å²) in [4.78, 5) is 2.55. The first-order valence-electron chi connectivity index (χ1n) is 21.1. The molecule has 6 atom stereocenters. The summed E-state index contributed by atoms with van der Waals surface area (Å²) in [7, 11) is 0.